The Morgan fingerprint density at radius 3 is 3.23 bits per heavy atom. The van der Waals surface area contributed by atoms with Gasteiger partial charge in [-0.3, -0.25) is 4.90 Å². The normalized spacial score (nSPS) is 19.4. The van der Waals surface area contributed by atoms with Crippen molar-refractivity contribution in [3.8, 4) is 0 Å². The van der Waals surface area contributed by atoms with Crippen molar-refractivity contribution in [2.75, 3.05) is 20.7 Å². The van der Waals surface area contributed by atoms with Gasteiger partial charge < -0.3 is 13.8 Å². The third-order valence-corrected chi connectivity index (χ3v) is 4.21. The largest absolute Gasteiger partial charge is 0.374 e. The molecular formula is C15H23N5O2. The molecule has 0 spiro atoms. The van der Waals surface area contributed by atoms with Crippen LogP contribution in [0.5, 0.6) is 0 Å². The highest BCUT2D eigenvalue weighted by Crippen LogP contribution is 2.20. The van der Waals surface area contributed by atoms with Crippen molar-refractivity contribution in [1.82, 2.24) is 24.6 Å². The van der Waals surface area contributed by atoms with Gasteiger partial charge in [-0.25, -0.2) is 4.98 Å². The Balaban J connectivity index is 1.52. The molecule has 0 aliphatic carbocycles. The van der Waals surface area contributed by atoms with Crippen LogP contribution < -0.4 is 0 Å². The Hall–Kier alpha value is -1.73. The third kappa shape index (κ3) is 3.36. The van der Waals surface area contributed by atoms with Crippen molar-refractivity contribution in [2.24, 2.45) is 5.92 Å². The highest BCUT2D eigenvalue weighted by Gasteiger charge is 2.21. The predicted octanol–water partition coefficient (Wildman–Crippen LogP) is 1.67. The van der Waals surface area contributed by atoms with Gasteiger partial charge in [-0.1, -0.05) is 5.16 Å². The standard InChI is InChI=1S/C15H23N5O2/c1-11(21-3)15-17-14(22-18-15)10-19(2)8-12-4-5-13-16-6-7-20(13)9-12/h6-7,11-12H,4-5,8-10H2,1-3H3/t11-,12-/m0/s1. The second kappa shape index (κ2) is 6.58. The fourth-order valence-electron chi connectivity index (χ4n) is 2.93. The van der Waals surface area contributed by atoms with Gasteiger partial charge in [0.2, 0.25) is 5.89 Å². The zero-order valence-corrected chi connectivity index (χ0v) is 13.4. The number of nitrogens with zero attached hydrogens (tertiary/aromatic N) is 5. The zero-order valence-electron chi connectivity index (χ0n) is 13.4. The molecule has 0 amide bonds. The summed E-state index contributed by atoms with van der Waals surface area (Å²) < 4.78 is 12.7. The van der Waals surface area contributed by atoms with Crippen molar-refractivity contribution < 1.29 is 9.26 Å². The van der Waals surface area contributed by atoms with Gasteiger partial charge in [-0.05, 0) is 26.3 Å². The first-order valence-electron chi connectivity index (χ1n) is 7.69. The van der Waals surface area contributed by atoms with Crippen molar-refractivity contribution in [1.29, 1.82) is 0 Å². The van der Waals surface area contributed by atoms with E-state index in [-0.39, 0.29) is 6.10 Å². The highest BCUT2D eigenvalue weighted by atomic mass is 16.5. The van der Waals surface area contributed by atoms with Crippen LogP contribution in [0, 0.1) is 5.92 Å². The van der Waals surface area contributed by atoms with Gasteiger partial charge in [0, 0.05) is 39.0 Å². The molecule has 22 heavy (non-hydrogen) atoms. The smallest absolute Gasteiger partial charge is 0.240 e. The van der Waals surface area contributed by atoms with Crippen LogP contribution in [0.25, 0.3) is 0 Å². The first-order valence-corrected chi connectivity index (χ1v) is 7.69. The monoisotopic (exact) mass is 305 g/mol. The highest BCUT2D eigenvalue weighted by molar-refractivity contribution is 4.97. The van der Waals surface area contributed by atoms with Crippen molar-refractivity contribution in [2.45, 2.75) is 39.0 Å². The fourth-order valence-corrected chi connectivity index (χ4v) is 2.93. The minimum Gasteiger partial charge on any atom is -0.374 e. The molecular weight excluding hydrogens is 282 g/mol. The molecule has 1 aliphatic heterocycles. The molecule has 1 aliphatic rings. The molecule has 0 unspecified atom stereocenters. The molecule has 0 aromatic carbocycles. The molecule has 120 valence electrons. The summed E-state index contributed by atoms with van der Waals surface area (Å²) in [5.41, 5.74) is 0. The fraction of sp³-hybridized carbons (Fsp3) is 0.667. The van der Waals surface area contributed by atoms with Gasteiger partial charge in [0.15, 0.2) is 5.82 Å². The summed E-state index contributed by atoms with van der Waals surface area (Å²) in [4.78, 5) is 11.0. The van der Waals surface area contributed by atoms with Gasteiger partial charge in [0.1, 0.15) is 11.9 Å². The number of fused-ring (bicyclic) bond motifs is 1. The maximum Gasteiger partial charge on any atom is 0.240 e. The van der Waals surface area contributed by atoms with Crippen molar-refractivity contribution >= 4 is 0 Å². The van der Waals surface area contributed by atoms with Crippen LogP contribution in [0.1, 0.15) is 37.0 Å². The summed E-state index contributed by atoms with van der Waals surface area (Å²) in [5, 5.41) is 3.96. The molecule has 2 aromatic rings. The molecule has 0 bridgehead atoms. The number of methoxy groups -OCH3 is 1. The first-order chi connectivity index (χ1) is 10.7. The molecule has 7 heteroatoms. The molecule has 3 heterocycles. The summed E-state index contributed by atoms with van der Waals surface area (Å²) in [7, 11) is 3.73. The molecule has 3 rings (SSSR count). The van der Waals surface area contributed by atoms with Gasteiger partial charge in [-0.15, -0.1) is 0 Å². The zero-order chi connectivity index (χ0) is 15.5. The van der Waals surface area contributed by atoms with Crippen LogP contribution in [0.3, 0.4) is 0 Å². The Kier molecular flexibility index (Phi) is 4.54. The van der Waals surface area contributed by atoms with E-state index in [1.807, 2.05) is 13.1 Å². The topological polar surface area (TPSA) is 69.2 Å². The van der Waals surface area contributed by atoms with E-state index < -0.39 is 0 Å². The summed E-state index contributed by atoms with van der Waals surface area (Å²) >= 11 is 0. The number of hydrogen-bond acceptors (Lipinski definition) is 6. The Labute approximate surface area is 130 Å². The molecule has 0 N–H and O–H groups in total. The SMILES string of the molecule is CO[C@@H](C)c1noc(CN(C)C[C@@H]2CCc3nccn3C2)n1. The van der Waals surface area contributed by atoms with Gasteiger partial charge >= 0.3 is 0 Å². The van der Waals surface area contributed by atoms with Gasteiger partial charge in [-0.2, -0.15) is 4.98 Å². The van der Waals surface area contributed by atoms with Gasteiger partial charge in [0.05, 0.1) is 6.54 Å². The van der Waals surface area contributed by atoms with Crippen LogP contribution in [-0.4, -0.2) is 45.3 Å². The summed E-state index contributed by atoms with van der Waals surface area (Å²) in [5.74, 6) is 3.08. The minimum absolute atomic E-state index is 0.138. The number of aromatic nitrogens is 4. The predicted molar refractivity (Wildman–Crippen MR) is 80.1 cm³/mol. The molecule has 0 fully saturated rings. The van der Waals surface area contributed by atoms with E-state index >= 15 is 0 Å². The molecule has 0 radical (unpaired) electrons. The lowest BCUT2D eigenvalue weighted by atomic mass is 9.99. The maximum atomic E-state index is 5.29. The number of imidazole rings is 1. The summed E-state index contributed by atoms with van der Waals surface area (Å²) in [6.45, 7) is 4.62. The van der Waals surface area contributed by atoms with E-state index in [2.05, 4.69) is 37.8 Å². The summed E-state index contributed by atoms with van der Waals surface area (Å²) in [6.07, 6.45) is 6.05. The molecule has 0 saturated carbocycles. The average molecular weight is 305 g/mol. The van der Waals surface area contributed by atoms with Crippen LogP contribution in [0.15, 0.2) is 16.9 Å². The van der Waals surface area contributed by atoms with E-state index in [1.165, 1.54) is 12.2 Å². The maximum absolute atomic E-state index is 5.29. The number of aryl methyl sites for hydroxylation is 1. The Bertz CT molecular complexity index is 609. The van der Waals surface area contributed by atoms with E-state index in [1.54, 1.807) is 7.11 Å². The Morgan fingerprint density at radius 1 is 1.55 bits per heavy atom. The molecule has 2 atom stereocenters. The number of rotatable bonds is 6. The average Bonchev–Trinajstić information content (AvgIpc) is 3.14. The number of hydrogen-bond donors (Lipinski definition) is 0. The lowest BCUT2D eigenvalue weighted by Crippen LogP contribution is -2.31. The van der Waals surface area contributed by atoms with Crippen LogP contribution >= 0.6 is 0 Å². The molecule has 7 nitrogen and oxygen atoms in total. The molecule has 2 aromatic heterocycles. The van der Waals surface area contributed by atoms with E-state index in [4.69, 9.17) is 9.26 Å². The third-order valence-electron chi connectivity index (χ3n) is 4.21. The lowest BCUT2D eigenvalue weighted by molar-refractivity contribution is 0.109. The first kappa shape index (κ1) is 15.2. The van der Waals surface area contributed by atoms with E-state index in [9.17, 15) is 0 Å². The quantitative estimate of drug-likeness (QED) is 0.808. The van der Waals surface area contributed by atoms with Crippen molar-refractivity contribution in [3.63, 3.8) is 0 Å². The van der Waals surface area contributed by atoms with Crippen molar-refractivity contribution in [3.05, 3.63) is 29.9 Å². The second-order valence-corrected chi connectivity index (χ2v) is 6.02. The summed E-state index contributed by atoms with van der Waals surface area (Å²) in [6, 6.07) is 0. The second-order valence-electron chi connectivity index (χ2n) is 6.02. The van der Waals surface area contributed by atoms with Gasteiger partial charge in [0.25, 0.3) is 0 Å². The lowest BCUT2D eigenvalue weighted by Gasteiger charge is -2.27. The van der Waals surface area contributed by atoms with Crippen LogP contribution in [-0.2, 0) is 24.2 Å². The molecule has 0 saturated heterocycles. The van der Waals surface area contributed by atoms with E-state index in [0.717, 1.165) is 19.5 Å². The van der Waals surface area contributed by atoms with Crippen LogP contribution in [0.4, 0.5) is 0 Å². The van der Waals surface area contributed by atoms with Crippen LogP contribution in [0.2, 0.25) is 0 Å². The van der Waals surface area contributed by atoms with E-state index in [0.29, 0.717) is 24.2 Å². The Morgan fingerprint density at radius 2 is 2.41 bits per heavy atom. The number of ether oxygens (including phenoxy) is 1. The minimum atomic E-state index is -0.138.